The molecule has 116 valence electrons. The van der Waals surface area contributed by atoms with Gasteiger partial charge in [-0.2, -0.15) is 0 Å². The van der Waals surface area contributed by atoms with Crippen LogP contribution in [0.3, 0.4) is 0 Å². The van der Waals surface area contributed by atoms with Gasteiger partial charge in [-0.3, -0.25) is 0 Å². The van der Waals surface area contributed by atoms with E-state index >= 15 is 0 Å². The van der Waals surface area contributed by atoms with Crippen molar-refractivity contribution >= 4 is 6.03 Å². The number of nitrogens with one attached hydrogen (secondary N) is 2. The van der Waals surface area contributed by atoms with E-state index in [1.807, 2.05) is 48.5 Å². The number of carbonyl (C=O) groups excluding carboxylic acids is 1. The van der Waals surface area contributed by atoms with Gasteiger partial charge in [0.15, 0.2) is 0 Å². The fourth-order valence-electron chi connectivity index (χ4n) is 2.27. The van der Waals surface area contributed by atoms with E-state index in [9.17, 15) is 9.90 Å². The van der Waals surface area contributed by atoms with Gasteiger partial charge in [0, 0.05) is 6.54 Å². The maximum Gasteiger partial charge on any atom is 0.315 e. The molecule has 0 bridgehead atoms. The van der Waals surface area contributed by atoms with Crippen LogP contribution in [-0.4, -0.2) is 24.3 Å². The molecule has 2 aromatic carbocycles. The number of benzene rings is 2. The van der Waals surface area contributed by atoms with Crippen LogP contribution in [0.15, 0.2) is 60.7 Å². The summed E-state index contributed by atoms with van der Waals surface area (Å²) in [6, 6.07) is 19.0. The number of aliphatic hydroxyl groups is 1. The third-order valence-electron chi connectivity index (χ3n) is 3.46. The highest BCUT2D eigenvalue weighted by Gasteiger charge is 2.12. The Bertz CT molecular complexity index is 558. The molecule has 1 atom stereocenters. The summed E-state index contributed by atoms with van der Waals surface area (Å²) in [5.74, 6) is 0. The van der Waals surface area contributed by atoms with E-state index in [-0.39, 0.29) is 18.7 Å². The third kappa shape index (κ3) is 5.22. The molecule has 0 radical (unpaired) electrons. The van der Waals surface area contributed by atoms with Crippen LogP contribution in [-0.2, 0) is 6.42 Å². The van der Waals surface area contributed by atoms with Gasteiger partial charge < -0.3 is 15.7 Å². The first kappa shape index (κ1) is 16.0. The largest absolute Gasteiger partial charge is 0.394 e. The van der Waals surface area contributed by atoms with E-state index in [1.54, 1.807) is 0 Å². The van der Waals surface area contributed by atoms with E-state index in [2.05, 4.69) is 22.8 Å². The Morgan fingerprint density at radius 1 is 1.00 bits per heavy atom. The van der Waals surface area contributed by atoms with Crippen LogP contribution in [0, 0.1) is 0 Å². The predicted molar refractivity (Wildman–Crippen MR) is 87.6 cm³/mol. The Hall–Kier alpha value is -2.33. The first-order valence-electron chi connectivity index (χ1n) is 7.53. The van der Waals surface area contributed by atoms with Crippen molar-refractivity contribution in [3.63, 3.8) is 0 Å². The molecule has 2 aromatic rings. The second kappa shape index (κ2) is 8.85. The van der Waals surface area contributed by atoms with Gasteiger partial charge in [0.2, 0.25) is 0 Å². The van der Waals surface area contributed by atoms with E-state index < -0.39 is 0 Å². The van der Waals surface area contributed by atoms with Gasteiger partial charge >= 0.3 is 6.03 Å². The molecule has 4 nitrogen and oxygen atoms in total. The van der Waals surface area contributed by atoms with Crippen LogP contribution >= 0.6 is 0 Å². The minimum Gasteiger partial charge on any atom is -0.394 e. The lowest BCUT2D eigenvalue weighted by Gasteiger charge is -2.17. The van der Waals surface area contributed by atoms with Crippen LogP contribution in [0.2, 0.25) is 0 Å². The first-order chi connectivity index (χ1) is 10.8. The fraction of sp³-hybridized carbons (Fsp3) is 0.278. The van der Waals surface area contributed by atoms with Crippen molar-refractivity contribution in [1.29, 1.82) is 0 Å². The second-order valence-corrected chi connectivity index (χ2v) is 5.14. The summed E-state index contributed by atoms with van der Waals surface area (Å²) in [6.07, 6.45) is 1.82. The lowest BCUT2D eigenvalue weighted by atomic mass is 10.1. The van der Waals surface area contributed by atoms with E-state index in [0.29, 0.717) is 6.54 Å². The van der Waals surface area contributed by atoms with Gasteiger partial charge in [0.1, 0.15) is 0 Å². The van der Waals surface area contributed by atoms with Crippen molar-refractivity contribution < 1.29 is 9.90 Å². The average Bonchev–Trinajstić information content (AvgIpc) is 2.58. The highest BCUT2D eigenvalue weighted by Crippen LogP contribution is 2.11. The van der Waals surface area contributed by atoms with Crippen molar-refractivity contribution in [2.45, 2.75) is 18.9 Å². The normalized spacial score (nSPS) is 11.7. The molecule has 2 rings (SSSR count). The SMILES string of the molecule is O=C(NCCCc1ccccc1)NC(CO)c1ccccc1. The van der Waals surface area contributed by atoms with Gasteiger partial charge in [-0.25, -0.2) is 4.79 Å². The minimum atomic E-state index is -0.379. The van der Waals surface area contributed by atoms with E-state index in [0.717, 1.165) is 18.4 Å². The monoisotopic (exact) mass is 298 g/mol. The third-order valence-corrected chi connectivity index (χ3v) is 3.46. The molecular weight excluding hydrogens is 276 g/mol. The molecule has 0 saturated heterocycles. The van der Waals surface area contributed by atoms with Crippen LogP contribution in [0.5, 0.6) is 0 Å². The van der Waals surface area contributed by atoms with Crippen molar-refractivity contribution in [2.24, 2.45) is 0 Å². The molecule has 0 aliphatic rings. The smallest absolute Gasteiger partial charge is 0.315 e. The molecule has 0 aliphatic heterocycles. The Kier molecular flexibility index (Phi) is 6.45. The summed E-state index contributed by atoms with van der Waals surface area (Å²) in [5, 5.41) is 15.0. The number of aryl methyl sites for hydroxylation is 1. The van der Waals surface area contributed by atoms with Gasteiger partial charge in [-0.15, -0.1) is 0 Å². The van der Waals surface area contributed by atoms with Gasteiger partial charge in [0.05, 0.1) is 12.6 Å². The number of carbonyl (C=O) groups is 1. The van der Waals surface area contributed by atoms with Crippen LogP contribution in [0.25, 0.3) is 0 Å². The summed E-state index contributed by atoms with van der Waals surface area (Å²) in [5.41, 5.74) is 2.16. The molecule has 3 N–H and O–H groups in total. The zero-order valence-corrected chi connectivity index (χ0v) is 12.5. The van der Waals surface area contributed by atoms with Crippen molar-refractivity contribution in [2.75, 3.05) is 13.2 Å². The van der Waals surface area contributed by atoms with Crippen LogP contribution in [0.1, 0.15) is 23.6 Å². The molecule has 2 amide bonds. The molecule has 0 saturated carbocycles. The minimum absolute atomic E-state index is 0.124. The molecule has 1 unspecified atom stereocenters. The Morgan fingerprint density at radius 2 is 1.64 bits per heavy atom. The number of urea groups is 1. The predicted octanol–water partition coefficient (Wildman–Crippen LogP) is 2.65. The molecule has 0 spiro atoms. The first-order valence-corrected chi connectivity index (χ1v) is 7.53. The molecular formula is C18H22N2O2. The molecule has 0 fully saturated rings. The number of rotatable bonds is 7. The average molecular weight is 298 g/mol. The van der Waals surface area contributed by atoms with Crippen molar-refractivity contribution in [1.82, 2.24) is 10.6 Å². The maximum atomic E-state index is 11.9. The highest BCUT2D eigenvalue weighted by molar-refractivity contribution is 5.74. The summed E-state index contributed by atoms with van der Waals surface area (Å²) < 4.78 is 0. The van der Waals surface area contributed by atoms with Crippen molar-refractivity contribution in [3.05, 3.63) is 71.8 Å². The summed E-state index contributed by atoms with van der Waals surface area (Å²) in [4.78, 5) is 11.9. The topological polar surface area (TPSA) is 61.4 Å². The second-order valence-electron chi connectivity index (χ2n) is 5.14. The Balaban J connectivity index is 1.71. The van der Waals surface area contributed by atoms with Gasteiger partial charge in [-0.05, 0) is 24.0 Å². The maximum absolute atomic E-state index is 11.9. The van der Waals surface area contributed by atoms with E-state index in [1.165, 1.54) is 5.56 Å². The number of amides is 2. The lowest BCUT2D eigenvalue weighted by Crippen LogP contribution is -2.39. The zero-order valence-electron chi connectivity index (χ0n) is 12.5. The number of aliphatic hydroxyl groups excluding tert-OH is 1. The van der Waals surface area contributed by atoms with Gasteiger partial charge in [0.25, 0.3) is 0 Å². The van der Waals surface area contributed by atoms with Gasteiger partial charge in [-0.1, -0.05) is 60.7 Å². The number of hydrogen-bond acceptors (Lipinski definition) is 2. The Morgan fingerprint density at radius 3 is 2.27 bits per heavy atom. The fourth-order valence-corrected chi connectivity index (χ4v) is 2.27. The van der Waals surface area contributed by atoms with Crippen LogP contribution < -0.4 is 10.6 Å². The Labute approximate surface area is 131 Å². The van der Waals surface area contributed by atoms with Crippen LogP contribution in [0.4, 0.5) is 4.79 Å². The molecule has 4 heteroatoms. The molecule has 22 heavy (non-hydrogen) atoms. The molecule has 0 heterocycles. The number of hydrogen-bond donors (Lipinski definition) is 3. The lowest BCUT2D eigenvalue weighted by molar-refractivity contribution is 0.217. The standard InChI is InChI=1S/C18H22N2O2/c21-14-17(16-11-5-2-6-12-16)20-18(22)19-13-7-10-15-8-3-1-4-9-15/h1-6,8-9,11-12,17,21H,7,10,13-14H2,(H2,19,20,22). The molecule has 0 aliphatic carbocycles. The quantitative estimate of drug-likeness (QED) is 0.688. The highest BCUT2D eigenvalue weighted by atomic mass is 16.3. The molecule has 0 aromatic heterocycles. The zero-order chi connectivity index (χ0) is 15.6. The summed E-state index contributed by atoms with van der Waals surface area (Å²) in [6.45, 7) is 0.481. The summed E-state index contributed by atoms with van der Waals surface area (Å²) >= 11 is 0. The summed E-state index contributed by atoms with van der Waals surface area (Å²) in [7, 11) is 0. The van der Waals surface area contributed by atoms with Crippen molar-refractivity contribution in [3.8, 4) is 0 Å². The van der Waals surface area contributed by atoms with E-state index in [4.69, 9.17) is 0 Å².